The van der Waals surface area contributed by atoms with Crippen molar-refractivity contribution in [2.75, 3.05) is 20.3 Å². The summed E-state index contributed by atoms with van der Waals surface area (Å²) in [7, 11) is 1.43. The molecule has 1 unspecified atom stereocenters. The molecule has 0 aromatic carbocycles. The minimum Gasteiger partial charge on any atom is -0.475 e. The molecular formula is C10H24N2O5S2. The fourth-order valence-corrected chi connectivity index (χ4v) is 0.655. The minimum absolute atomic E-state index is 0.0880. The van der Waals surface area contributed by atoms with Gasteiger partial charge in [-0.2, -0.15) is 0 Å². The van der Waals surface area contributed by atoms with Gasteiger partial charge >= 0.3 is 0 Å². The SMILES string of the molecule is CCOC(OCC)C(C)O.COC(N)=S.NC(=O)S. The maximum atomic E-state index is 9.09. The summed E-state index contributed by atoms with van der Waals surface area (Å²) in [6, 6.07) is 0. The predicted octanol–water partition coefficient (Wildman–Crippen LogP) is 0.638. The van der Waals surface area contributed by atoms with Crippen molar-refractivity contribution in [3.8, 4) is 0 Å². The van der Waals surface area contributed by atoms with Gasteiger partial charge in [0, 0.05) is 13.2 Å². The molecule has 7 nitrogen and oxygen atoms in total. The Kier molecular flexibility index (Phi) is 21.5. The standard InChI is InChI=1S/C7H16O3.C2H5NOS.CH3NOS/c1-4-9-7(6(3)8)10-5-2;1-4-2(3)5;2-1(3)4/h6-8H,4-5H2,1-3H3;1H3,(H2,3,5);(H3,2,3,4). The molecule has 0 saturated carbocycles. The Hall–Kier alpha value is -0.610. The first kappa shape index (κ1) is 23.5. The molecule has 0 aliphatic heterocycles. The molecule has 0 aliphatic carbocycles. The van der Waals surface area contributed by atoms with Gasteiger partial charge in [-0.3, -0.25) is 4.79 Å². The molecule has 0 bridgehead atoms. The number of thiol groups is 1. The summed E-state index contributed by atoms with van der Waals surface area (Å²) in [6.07, 6.45) is -1.02. The molecule has 0 aromatic heterocycles. The van der Waals surface area contributed by atoms with Crippen LogP contribution in [0.2, 0.25) is 0 Å². The first-order chi connectivity index (χ1) is 8.72. The number of aliphatic hydroxyl groups is 1. The molecule has 0 heterocycles. The highest BCUT2D eigenvalue weighted by molar-refractivity contribution is 7.96. The van der Waals surface area contributed by atoms with Crippen molar-refractivity contribution in [3.05, 3.63) is 0 Å². The Morgan fingerprint density at radius 1 is 1.32 bits per heavy atom. The van der Waals surface area contributed by atoms with Crippen LogP contribution >= 0.6 is 24.8 Å². The number of methoxy groups -OCH3 is 1. The molecular weight excluding hydrogens is 292 g/mol. The van der Waals surface area contributed by atoms with E-state index < -0.39 is 17.6 Å². The number of amides is 1. The van der Waals surface area contributed by atoms with Gasteiger partial charge in [0.25, 0.3) is 10.4 Å². The topological polar surface area (TPSA) is 117 Å². The zero-order valence-electron chi connectivity index (χ0n) is 11.7. The monoisotopic (exact) mass is 316 g/mol. The molecule has 0 aromatic rings. The van der Waals surface area contributed by atoms with E-state index in [9.17, 15) is 0 Å². The van der Waals surface area contributed by atoms with Crippen LogP contribution in [0.3, 0.4) is 0 Å². The number of primary amides is 1. The van der Waals surface area contributed by atoms with Gasteiger partial charge in [-0.25, -0.2) is 0 Å². The lowest BCUT2D eigenvalue weighted by molar-refractivity contribution is -0.184. The lowest BCUT2D eigenvalue weighted by Gasteiger charge is -2.18. The third-order valence-corrected chi connectivity index (χ3v) is 1.42. The van der Waals surface area contributed by atoms with E-state index in [4.69, 9.17) is 25.1 Å². The van der Waals surface area contributed by atoms with E-state index >= 15 is 0 Å². The third kappa shape index (κ3) is 31.7. The fourth-order valence-electron chi connectivity index (χ4n) is 0.655. The van der Waals surface area contributed by atoms with Crippen molar-refractivity contribution in [1.29, 1.82) is 0 Å². The van der Waals surface area contributed by atoms with E-state index in [1.807, 2.05) is 13.8 Å². The van der Waals surface area contributed by atoms with Crippen LogP contribution in [-0.2, 0) is 14.2 Å². The summed E-state index contributed by atoms with van der Waals surface area (Å²) >= 11 is 7.36. The summed E-state index contributed by atoms with van der Waals surface area (Å²) in [5.41, 5.74) is 9.14. The lowest BCUT2D eigenvalue weighted by atomic mass is 10.4. The Bertz CT molecular complexity index is 220. The van der Waals surface area contributed by atoms with Crippen molar-refractivity contribution in [1.82, 2.24) is 0 Å². The number of ether oxygens (including phenoxy) is 3. The summed E-state index contributed by atoms with van der Waals surface area (Å²) < 4.78 is 14.4. The normalized spacial score (nSPS) is 10.5. The average Bonchev–Trinajstić information content (AvgIpc) is 2.28. The van der Waals surface area contributed by atoms with Crippen LogP contribution in [0.1, 0.15) is 20.8 Å². The highest BCUT2D eigenvalue weighted by Gasteiger charge is 2.13. The van der Waals surface area contributed by atoms with Crippen molar-refractivity contribution < 1.29 is 24.1 Å². The molecule has 0 spiro atoms. The Morgan fingerprint density at radius 3 is 1.68 bits per heavy atom. The molecule has 0 rings (SSSR count). The quantitative estimate of drug-likeness (QED) is 0.334. The van der Waals surface area contributed by atoms with Crippen LogP contribution in [-0.4, -0.2) is 48.2 Å². The second-order valence-corrected chi connectivity index (χ2v) is 3.72. The minimum atomic E-state index is -0.639. The van der Waals surface area contributed by atoms with Gasteiger partial charge in [0.1, 0.15) is 6.10 Å². The molecule has 0 fully saturated rings. The first-order valence-electron chi connectivity index (χ1n) is 5.45. The third-order valence-electron chi connectivity index (χ3n) is 1.26. The van der Waals surface area contributed by atoms with E-state index in [2.05, 4.69) is 35.3 Å². The van der Waals surface area contributed by atoms with Crippen molar-refractivity contribution in [2.24, 2.45) is 11.5 Å². The van der Waals surface area contributed by atoms with E-state index in [0.717, 1.165) is 0 Å². The van der Waals surface area contributed by atoms with Gasteiger partial charge in [0.05, 0.1) is 7.11 Å². The second kappa shape index (κ2) is 17.4. The van der Waals surface area contributed by atoms with Gasteiger partial charge in [0.15, 0.2) is 6.29 Å². The zero-order chi connectivity index (χ0) is 15.8. The fraction of sp³-hybridized carbons (Fsp3) is 0.800. The highest BCUT2D eigenvalue weighted by Crippen LogP contribution is 2.00. The number of hydrogen-bond donors (Lipinski definition) is 4. The Labute approximate surface area is 125 Å². The van der Waals surface area contributed by atoms with Crippen molar-refractivity contribution in [3.63, 3.8) is 0 Å². The second-order valence-electron chi connectivity index (χ2n) is 2.88. The summed E-state index contributed by atoms with van der Waals surface area (Å²) in [4.78, 5) is 9.09. The van der Waals surface area contributed by atoms with Gasteiger partial charge in [0.2, 0.25) is 0 Å². The number of rotatable bonds is 5. The van der Waals surface area contributed by atoms with Gasteiger partial charge in [-0.15, -0.1) is 0 Å². The molecule has 0 aliphatic rings. The van der Waals surface area contributed by atoms with Crippen LogP contribution in [0.5, 0.6) is 0 Å². The van der Waals surface area contributed by atoms with Crippen LogP contribution in [0.25, 0.3) is 0 Å². The maximum Gasteiger partial charge on any atom is 0.273 e. The largest absolute Gasteiger partial charge is 0.475 e. The van der Waals surface area contributed by atoms with Crippen molar-refractivity contribution in [2.45, 2.75) is 33.2 Å². The number of carbonyl (C=O) groups excluding carboxylic acids is 1. The van der Waals surface area contributed by atoms with E-state index in [1.165, 1.54) is 7.11 Å². The number of carbonyl (C=O) groups is 1. The molecule has 0 saturated heterocycles. The highest BCUT2D eigenvalue weighted by atomic mass is 32.1. The Balaban J connectivity index is -0.000000238. The van der Waals surface area contributed by atoms with Gasteiger partial charge in [-0.1, -0.05) is 12.6 Å². The summed E-state index contributed by atoms with van der Waals surface area (Å²) in [6.45, 7) is 6.52. The molecule has 5 N–H and O–H groups in total. The molecule has 0 radical (unpaired) electrons. The number of aliphatic hydroxyl groups excluding tert-OH is 1. The van der Waals surface area contributed by atoms with Crippen molar-refractivity contribution >= 4 is 35.3 Å². The van der Waals surface area contributed by atoms with Crippen LogP contribution in [0.4, 0.5) is 4.79 Å². The lowest BCUT2D eigenvalue weighted by Crippen LogP contribution is -2.29. The molecule has 1 atom stereocenters. The van der Waals surface area contributed by atoms with Crippen LogP contribution in [0.15, 0.2) is 0 Å². The van der Waals surface area contributed by atoms with E-state index in [-0.39, 0.29) is 5.17 Å². The van der Waals surface area contributed by atoms with Gasteiger partial charge < -0.3 is 30.8 Å². The number of thiocarbonyl (C=S) groups is 1. The van der Waals surface area contributed by atoms with Gasteiger partial charge in [-0.05, 0) is 33.0 Å². The summed E-state index contributed by atoms with van der Waals surface area (Å²) in [5, 5.41) is 8.47. The summed E-state index contributed by atoms with van der Waals surface area (Å²) in [5.74, 6) is 0. The zero-order valence-corrected chi connectivity index (χ0v) is 13.4. The first-order valence-corrected chi connectivity index (χ1v) is 6.31. The number of nitrogens with two attached hydrogens (primary N) is 2. The molecule has 19 heavy (non-hydrogen) atoms. The van der Waals surface area contributed by atoms with Crippen LogP contribution in [0, 0.1) is 0 Å². The average molecular weight is 316 g/mol. The smallest absolute Gasteiger partial charge is 0.273 e. The van der Waals surface area contributed by atoms with E-state index in [1.54, 1.807) is 6.92 Å². The maximum absolute atomic E-state index is 9.09. The number of hydrogen-bond acceptors (Lipinski definition) is 6. The Morgan fingerprint density at radius 2 is 1.58 bits per heavy atom. The molecule has 9 heteroatoms. The van der Waals surface area contributed by atoms with Crippen LogP contribution < -0.4 is 11.5 Å². The predicted molar refractivity (Wildman–Crippen MR) is 81.1 cm³/mol. The molecule has 116 valence electrons. The van der Waals surface area contributed by atoms with E-state index in [0.29, 0.717) is 13.2 Å². The molecule has 1 amide bonds.